The number of aromatic nitrogens is 3. The van der Waals surface area contributed by atoms with Crippen molar-refractivity contribution in [1.29, 1.82) is 0 Å². The van der Waals surface area contributed by atoms with Crippen molar-refractivity contribution in [2.24, 2.45) is 5.73 Å². The Hall–Kier alpha value is -2.95. The fraction of sp³-hybridized carbons (Fsp3) is 0.182. The van der Waals surface area contributed by atoms with Gasteiger partial charge in [-0.15, -0.1) is 32.9 Å². The Balaban J connectivity index is 1.45. The number of benzene rings is 1. The topological polar surface area (TPSA) is 103 Å². The van der Waals surface area contributed by atoms with Gasteiger partial charge in [0.15, 0.2) is 5.16 Å². The molecule has 0 spiro atoms. The van der Waals surface area contributed by atoms with Crippen LogP contribution >= 0.6 is 34.4 Å². The second-order valence-corrected chi connectivity index (χ2v) is 9.80. The number of rotatable bonds is 10. The number of aryl methyl sites for hydroxylation is 1. The van der Waals surface area contributed by atoms with E-state index in [2.05, 4.69) is 38.3 Å². The molecule has 0 aliphatic heterocycles. The van der Waals surface area contributed by atoms with Crippen LogP contribution in [0.2, 0.25) is 0 Å². The number of carbonyl (C=O) groups excluding carboxylic acids is 2. The highest BCUT2D eigenvalue weighted by molar-refractivity contribution is 7.99. The summed E-state index contributed by atoms with van der Waals surface area (Å²) in [7, 11) is 0. The Kier molecular flexibility index (Phi) is 7.35. The third kappa shape index (κ3) is 5.64. The fourth-order valence-electron chi connectivity index (χ4n) is 3.13. The number of anilines is 1. The first-order valence-corrected chi connectivity index (χ1v) is 12.6. The third-order valence-corrected chi connectivity index (χ3v) is 7.36. The first-order valence-electron chi connectivity index (χ1n) is 9.88. The maximum atomic E-state index is 12.5. The van der Waals surface area contributed by atoms with E-state index in [1.807, 2.05) is 29.6 Å². The van der Waals surface area contributed by atoms with E-state index in [4.69, 9.17) is 5.73 Å². The first-order chi connectivity index (χ1) is 15.6. The molecular weight excluding hydrogens is 462 g/mol. The lowest BCUT2D eigenvalue weighted by molar-refractivity contribution is -0.113. The molecule has 3 aromatic heterocycles. The van der Waals surface area contributed by atoms with Gasteiger partial charge >= 0.3 is 0 Å². The number of primary amides is 1. The molecule has 10 heteroatoms. The van der Waals surface area contributed by atoms with Crippen LogP contribution in [0, 0.1) is 0 Å². The number of nitrogens with one attached hydrogen (secondary N) is 1. The van der Waals surface area contributed by atoms with Crippen LogP contribution in [0.25, 0.3) is 0 Å². The molecule has 4 aromatic rings. The van der Waals surface area contributed by atoms with E-state index < -0.39 is 5.91 Å². The zero-order chi connectivity index (χ0) is 22.3. The quantitative estimate of drug-likeness (QED) is 0.331. The van der Waals surface area contributed by atoms with Crippen molar-refractivity contribution >= 4 is 51.3 Å². The van der Waals surface area contributed by atoms with Crippen molar-refractivity contribution in [2.45, 2.75) is 24.5 Å². The smallest absolute Gasteiger partial charge is 0.251 e. The molecule has 2 amide bonds. The number of thiophene rings is 2. The van der Waals surface area contributed by atoms with Gasteiger partial charge in [-0.1, -0.05) is 48.2 Å². The van der Waals surface area contributed by atoms with Gasteiger partial charge in [0.05, 0.1) is 11.3 Å². The van der Waals surface area contributed by atoms with Crippen LogP contribution < -0.4 is 11.1 Å². The summed E-state index contributed by atoms with van der Waals surface area (Å²) in [4.78, 5) is 25.2. The monoisotopic (exact) mass is 483 g/mol. The van der Waals surface area contributed by atoms with Gasteiger partial charge in [0.1, 0.15) is 10.8 Å². The highest BCUT2D eigenvalue weighted by Gasteiger charge is 2.17. The molecule has 0 atom stereocenters. The summed E-state index contributed by atoms with van der Waals surface area (Å²) in [6, 6.07) is 16.0. The van der Waals surface area contributed by atoms with Gasteiger partial charge in [0.25, 0.3) is 5.91 Å². The van der Waals surface area contributed by atoms with Crippen molar-refractivity contribution in [3.8, 4) is 0 Å². The summed E-state index contributed by atoms with van der Waals surface area (Å²) in [6.45, 7) is 0.721. The molecule has 164 valence electrons. The summed E-state index contributed by atoms with van der Waals surface area (Å²) >= 11 is 4.28. The molecule has 3 heterocycles. The number of amides is 2. The zero-order valence-corrected chi connectivity index (χ0v) is 19.5. The van der Waals surface area contributed by atoms with Gasteiger partial charge in [-0.25, -0.2) is 0 Å². The number of nitrogens with two attached hydrogens (primary N) is 1. The molecule has 0 bridgehead atoms. The van der Waals surface area contributed by atoms with Gasteiger partial charge in [0, 0.05) is 17.8 Å². The minimum Gasteiger partial charge on any atom is -0.366 e. The summed E-state index contributed by atoms with van der Waals surface area (Å²) in [5.74, 6) is 0.240. The van der Waals surface area contributed by atoms with Crippen LogP contribution in [0.3, 0.4) is 0 Å². The second-order valence-electron chi connectivity index (χ2n) is 6.91. The van der Waals surface area contributed by atoms with Crippen LogP contribution in [-0.2, 0) is 24.2 Å². The molecule has 0 saturated heterocycles. The lowest BCUT2D eigenvalue weighted by Crippen LogP contribution is -2.18. The Morgan fingerprint density at radius 1 is 1.03 bits per heavy atom. The Morgan fingerprint density at radius 2 is 1.88 bits per heavy atom. The standard InChI is InChI=1S/C22H21N5O2S3/c23-20(29)17-9-12-31-21(17)24-19(28)14-32-22-26-25-18(13-16-7-4-11-30-16)27(22)10-8-15-5-2-1-3-6-15/h1-7,9,11-12H,8,10,13-14H2,(H2,23,29)(H,24,28). The van der Waals surface area contributed by atoms with Crippen LogP contribution in [0.5, 0.6) is 0 Å². The molecule has 0 unspecified atom stereocenters. The number of hydrogen-bond donors (Lipinski definition) is 2. The van der Waals surface area contributed by atoms with E-state index in [0.717, 1.165) is 18.8 Å². The van der Waals surface area contributed by atoms with Crippen molar-refractivity contribution in [3.63, 3.8) is 0 Å². The predicted octanol–water partition coefficient (Wildman–Crippen LogP) is 4.06. The van der Waals surface area contributed by atoms with E-state index in [1.54, 1.807) is 22.8 Å². The third-order valence-electron chi connectivity index (χ3n) is 4.69. The summed E-state index contributed by atoms with van der Waals surface area (Å²) < 4.78 is 2.09. The van der Waals surface area contributed by atoms with E-state index in [9.17, 15) is 9.59 Å². The number of nitrogens with zero attached hydrogens (tertiary/aromatic N) is 3. The fourth-order valence-corrected chi connectivity index (χ4v) is 5.42. The second kappa shape index (κ2) is 10.6. The van der Waals surface area contributed by atoms with Crippen molar-refractivity contribution in [2.75, 3.05) is 11.1 Å². The van der Waals surface area contributed by atoms with Crippen LogP contribution in [0.15, 0.2) is 64.4 Å². The van der Waals surface area contributed by atoms with Gasteiger partial charge < -0.3 is 15.6 Å². The molecule has 0 fully saturated rings. The van der Waals surface area contributed by atoms with Gasteiger partial charge in [-0.3, -0.25) is 9.59 Å². The molecule has 0 aliphatic rings. The maximum absolute atomic E-state index is 12.5. The Bertz CT molecular complexity index is 1190. The van der Waals surface area contributed by atoms with Crippen molar-refractivity contribution < 1.29 is 9.59 Å². The van der Waals surface area contributed by atoms with Crippen LogP contribution in [0.1, 0.15) is 26.6 Å². The molecule has 0 aliphatic carbocycles. The van der Waals surface area contributed by atoms with E-state index in [1.165, 1.54) is 33.5 Å². The molecule has 4 rings (SSSR count). The zero-order valence-electron chi connectivity index (χ0n) is 17.1. The molecule has 7 nitrogen and oxygen atoms in total. The van der Waals surface area contributed by atoms with E-state index >= 15 is 0 Å². The number of carbonyl (C=O) groups is 2. The van der Waals surface area contributed by atoms with E-state index in [-0.39, 0.29) is 11.7 Å². The minimum absolute atomic E-state index is 0.151. The lowest BCUT2D eigenvalue weighted by Gasteiger charge is -2.10. The highest BCUT2D eigenvalue weighted by atomic mass is 32.2. The van der Waals surface area contributed by atoms with Crippen LogP contribution in [-0.4, -0.2) is 32.3 Å². The summed E-state index contributed by atoms with van der Waals surface area (Å²) in [5.41, 5.74) is 6.90. The summed E-state index contributed by atoms with van der Waals surface area (Å²) in [6.07, 6.45) is 1.54. The van der Waals surface area contributed by atoms with Gasteiger partial charge in [0.2, 0.25) is 5.91 Å². The maximum Gasteiger partial charge on any atom is 0.251 e. The van der Waals surface area contributed by atoms with Gasteiger partial charge in [-0.2, -0.15) is 0 Å². The number of thioether (sulfide) groups is 1. The van der Waals surface area contributed by atoms with Crippen LogP contribution in [0.4, 0.5) is 5.00 Å². The number of hydrogen-bond acceptors (Lipinski definition) is 7. The van der Waals surface area contributed by atoms with E-state index in [0.29, 0.717) is 22.1 Å². The predicted molar refractivity (Wildman–Crippen MR) is 129 cm³/mol. The molecule has 0 saturated carbocycles. The molecule has 0 radical (unpaired) electrons. The largest absolute Gasteiger partial charge is 0.366 e. The van der Waals surface area contributed by atoms with Gasteiger partial charge in [-0.05, 0) is 34.9 Å². The van der Waals surface area contributed by atoms with Crippen molar-refractivity contribution in [1.82, 2.24) is 14.8 Å². The molecular formula is C22H21N5O2S3. The summed E-state index contributed by atoms with van der Waals surface area (Å²) in [5, 5.41) is 16.5. The average molecular weight is 484 g/mol. The Labute approximate surface area is 197 Å². The first kappa shape index (κ1) is 22.3. The molecule has 3 N–H and O–H groups in total. The highest BCUT2D eigenvalue weighted by Crippen LogP contribution is 2.25. The normalized spacial score (nSPS) is 10.9. The minimum atomic E-state index is -0.562. The lowest BCUT2D eigenvalue weighted by atomic mass is 10.1. The Morgan fingerprint density at radius 3 is 2.62 bits per heavy atom. The molecule has 32 heavy (non-hydrogen) atoms. The van der Waals surface area contributed by atoms with Crippen molar-refractivity contribution in [3.05, 3.63) is 81.1 Å². The SMILES string of the molecule is NC(=O)c1ccsc1NC(=O)CSc1nnc(Cc2cccs2)n1CCc1ccccc1. The average Bonchev–Trinajstić information content (AvgIpc) is 3.54. The molecule has 1 aromatic carbocycles.